The molecular weight excluding hydrogens is 248 g/mol. The number of hydrogen-bond donors (Lipinski definition) is 5. The normalized spacial score (nSPS) is 35.9. The maximum absolute atomic E-state index is 11.0. The number of aliphatic hydroxyl groups excluding tert-OH is 3. The Hall–Kier alpha value is -1.42. The third-order valence-corrected chi connectivity index (χ3v) is 2.50. The van der Waals surface area contributed by atoms with Crippen molar-refractivity contribution in [1.29, 1.82) is 0 Å². The molecule has 1 heterocycles. The second kappa shape index (κ2) is 5.96. The number of nitrogens with two attached hydrogens (primary N) is 1. The number of hydrogen-bond acceptors (Lipinski definition) is 7. The van der Waals surface area contributed by atoms with Crippen LogP contribution in [0.1, 0.15) is 6.92 Å². The number of ether oxygens (including phenoxy) is 2. The van der Waals surface area contributed by atoms with E-state index in [0.717, 1.165) is 0 Å². The summed E-state index contributed by atoms with van der Waals surface area (Å²) < 4.78 is 9.52. The topological polar surface area (TPSA) is 151 Å². The predicted molar refractivity (Wildman–Crippen MR) is 56.0 cm³/mol. The Balaban J connectivity index is 2.89. The smallest absolute Gasteiger partial charge is 0.404 e. The number of aliphatic hydroxyl groups is 3. The highest BCUT2D eigenvalue weighted by molar-refractivity contribution is 5.73. The van der Waals surface area contributed by atoms with Gasteiger partial charge in [-0.15, -0.1) is 0 Å². The van der Waals surface area contributed by atoms with Gasteiger partial charge in [-0.25, -0.2) is 4.79 Å². The summed E-state index contributed by atoms with van der Waals surface area (Å²) in [4.78, 5) is 21.7. The first kappa shape index (κ1) is 14.6. The molecule has 1 fully saturated rings. The van der Waals surface area contributed by atoms with Gasteiger partial charge in [0.25, 0.3) is 0 Å². The maximum atomic E-state index is 11.0. The molecule has 0 saturated carbocycles. The molecule has 0 aromatic rings. The molecular formula is C9H16N2O7. The molecule has 0 radical (unpaired) electrons. The van der Waals surface area contributed by atoms with Gasteiger partial charge in [-0.3, -0.25) is 4.79 Å². The Morgan fingerprint density at radius 2 is 2.06 bits per heavy atom. The number of rotatable bonds is 3. The molecule has 1 unspecified atom stereocenters. The summed E-state index contributed by atoms with van der Waals surface area (Å²) >= 11 is 0. The third kappa shape index (κ3) is 3.29. The van der Waals surface area contributed by atoms with E-state index in [1.54, 1.807) is 0 Å². The van der Waals surface area contributed by atoms with Gasteiger partial charge in [-0.05, 0) is 0 Å². The quantitative estimate of drug-likeness (QED) is 0.365. The van der Waals surface area contributed by atoms with Crippen LogP contribution in [0.2, 0.25) is 0 Å². The molecule has 0 aliphatic carbocycles. The minimum Gasteiger partial charge on any atom is -0.441 e. The molecule has 0 aromatic heterocycles. The molecule has 9 nitrogen and oxygen atoms in total. The van der Waals surface area contributed by atoms with E-state index in [1.165, 1.54) is 6.92 Å². The van der Waals surface area contributed by atoms with Gasteiger partial charge in [-0.2, -0.15) is 0 Å². The number of carbonyl (C=O) groups is 2. The van der Waals surface area contributed by atoms with Crippen LogP contribution in [0.3, 0.4) is 0 Å². The Morgan fingerprint density at radius 1 is 1.44 bits per heavy atom. The van der Waals surface area contributed by atoms with Crippen LogP contribution in [0, 0.1) is 0 Å². The summed E-state index contributed by atoms with van der Waals surface area (Å²) in [5.74, 6) is -0.518. The van der Waals surface area contributed by atoms with Crippen LogP contribution in [0.5, 0.6) is 0 Å². The van der Waals surface area contributed by atoms with E-state index < -0.39 is 49.3 Å². The lowest BCUT2D eigenvalue weighted by Crippen LogP contribution is -2.65. The molecule has 6 N–H and O–H groups in total. The molecule has 0 spiro atoms. The van der Waals surface area contributed by atoms with Crippen LogP contribution in [-0.4, -0.2) is 64.6 Å². The highest BCUT2D eigenvalue weighted by Crippen LogP contribution is 2.22. The zero-order valence-electron chi connectivity index (χ0n) is 9.65. The zero-order valence-corrected chi connectivity index (χ0v) is 9.65. The van der Waals surface area contributed by atoms with Crippen molar-refractivity contribution in [1.82, 2.24) is 5.32 Å². The second-order valence-corrected chi connectivity index (χ2v) is 3.87. The summed E-state index contributed by atoms with van der Waals surface area (Å²) in [5, 5.41) is 30.6. The fourth-order valence-corrected chi connectivity index (χ4v) is 1.75. The van der Waals surface area contributed by atoms with Crippen molar-refractivity contribution in [2.24, 2.45) is 5.73 Å². The first-order valence-electron chi connectivity index (χ1n) is 5.22. The third-order valence-electron chi connectivity index (χ3n) is 2.50. The summed E-state index contributed by atoms with van der Waals surface area (Å²) in [5.41, 5.74) is 4.84. The maximum Gasteiger partial charge on any atom is 0.404 e. The Labute approximate surface area is 102 Å². The van der Waals surface area contributed by atoms with Crippen LogP contribution >= 0.6 is 0 Å². The van der Waals surface area contributed by atoms with E-state index in [9.17, 15) is 19.8 Å². The number of carbonyl (C=O) groups excluding carboxylic acids is 2. The van der Waals surface area contributed by atoms with Crippen LogP contribution in [0.15, 0.2) is 0 Å². The minimum absolute atomic E-state index is 0.518. The second-order valence-electron chi connectivity index (χ2n) is 3.87. The Morgan fingerprint density at radius 3 is 2.50 bits per heavy atom. The van der Waals surface area contributed by atoms with Gasteiger partial charge in [-0.1, -0.05) is 0 Å². The predicted octanol–water partition coefficient (Wildman–Crippen LogP) is -2.97. The molecule has 1 aliphatic rings. The van der Waals surface area contributed by atoms with Gasteiger partial charge in [0.2, 0.25) is 5.91 Å². The van der Waals surface area contributed by atoms with Gasteiger partial charge in [0, 0.05) is 6.92 Å². The average Bonchev–Trinajstić information content (AvgIpc) is 2.27. The summed E-state index contributed by atoms with van der Waals surface area (Å²) in [6.45, 7) is 0.586. The Bertz CT molecular complexity index is 324. The number of amides is 2. The van der Waals surface area contributed by atoms with Crippen LogP contribution < -0.4 is 11.1 Å². The highest BCUT2D eigenvalue weighted by atomic mass is 16.6. The lowest BCUT2D eigenvalue weighted by atomic mass is 9.97. The largest absolute Gasteiger partial charge is 0.441 e. The van der Waals surface area contributed by atoms with Crippen molar-refractivity contribution in [3.05, 3.63) is 0 Å². The zero-order chi connectivity index (χ0) is 13.9. The fraction of sp³-hybridized carbons (Fsp3) is 0.778. The van der Waals surface area contributed by atoms with Gasteiger partial charge in [0.15, 0.2) is 12.4 Å². The van der Waals surface area contributed by atoms with E-state index in [4.69, 9.17) is 15.6 Å². The van der Waals surface area contributed by atoms with E-state index >= 15 is 0 Å². The minimum atomic E-state index is -1.54. The summed E-state index contributed by atoms with van der Waals surface area (Å²) in [6.07, 6.45) is -6.61. The average molecular weight is 264 g/mol. The molecule has 5 atom stereocenters. The molecule has 1 aliphatic heterocycles. The lowest BCUT2D eigenvalue weighted by Gasteiger charge is -2.41. The van der Waals surface area contributed by atoms with E-state index in [1.807, 2.05) is 0 Å². The highest BCUT2D eigenvalue weighted by Gasteiger charge is 2.47. The van der Waals surface area contributed by atoms with Crippen molar-refractivity contribution in [3.63, 3.8) is 0 Å². The first-order chi connectivity index (χ1) is 8.36. The SMILES string of the molecule is CC(=O)N[C@H]1C(O)O[C@H](CO)[C@@H](O)[C@@H]1OC(N)=O. The summed E-state index contributed by atoms with van der Waals surface area (Å²) in [7, 11) is 0. The molecule has 1 saturated heterocycles. The summed E-state index contributed by atoms with van der Waals surface area (Å²) in [6, 6.07) is -1.17. The van der Waals surface area contributed by atoms with Crippen LogP contribution in [-0.2, 0) is 14.3 Å². The van der Waals surface area contributed by atoms with Crippen LogP contribution in [0.4, 0.5) is 4.79 Å². The molecule has 0 bridgehead atoms. The standard InChI is InChI=1S/C9H16N2O7/c1-3(13)11-5-7(18-9(10)16)6(14)4(2-12)17-8(5)15/h4-8,12,14-15H,2H2,1H3,(H2,10,16)(H,11,13)/t4-,5-,6-,7-,8?/m1/s1. The first-order valence-corrected chi connectivity index (χ1v) is 5.22. The Kier molecular flexibility index (Phi) is 4.84. The van der Waals surface area contributed by atoms with Gasteiger partial charge >= 0.3 is 6.09 Å². The van der Waals surface area contributed by atoms with E-state index in [2.05, 4.69) is 10.1 Å². The monoisotopic (exact) mass is 264 g/mol. The molecule has 104 valence electrons. The van der Waals surface area contributed by atoms with Gasteiger partial charge in [0.1, 0.15) is 18.2 Å². The van der Waals surface area contributed by atoms with Gasteiger partial charge in [0.05, 0.1) is 6.61 Å². The van der Waals surface area contributed by atoms with Crippen molar-refractivity contribution in [2.45, 2.75) is 37.6 Å². The lowest BCUT2D eigenvalue weighted by molar-refractivity contribution is -0.252. The molecule has 1 rings (SSSR count). The van der Waals surface area contributed by atoms with E-state index in [-0.39, 0.29) is 0 Å². The van der Waals surface area contributed by atoms with Crippen molar-refractivity contribution in [3.8, 4) is 0 Å². The van der Waals surface area contributed by atoms with Crippen molar-refractivity contribution >= 4 is 12.0 Å². The molecule has 2 amide bonds. The van der Waals surface area contributed by atoms with Gasteiger partial charge < -0.3 is 35.8 Å². The molecule has 9 heteroatoms. The van der Waals surface area contributed by atoms with Crippen molar-refractivity contribution in [2.75, 3.05) is 6.61 Å². The fourth-order valence-electron chi connectivity index (χ4n) is 1.75. The van der Waals surface area contributed by atoms with Crippen molar-refractivity contribution < 1.29 is 34.4 Å². The molecule has 0 aromatic carbocycles. The number of primary amides is 1. The van der Waals surface area contributed by atoms with E-state index in [0.29, 0.717) is 0 Å². The van der Waals surface area contributed by atoms with Crippen LogP contribution in [0.25, 0.3) is 0 Å². The molecule has 18 heavy (non-hydrogen) atoms. The number of nitrogens with one attached hydrogen (secondary N) is 1.